The van der Waals surface area contributed by atoms with E-state index in [1.807, 2.05) is 0 Å². The van der Waals surface area contributed by atoms with Gasteiger partial charge in [0.15, 0.2) is 0 Å². The van der Waals surface area contributed by atoms with Crippen LogP contribution in [0.15, 0.2) is 0 Å². The Labute approximate surface area is 114 Å². The van der Waals surface area contributed by atoms with E-state index in [0.29, 0.717) is 19.0 Å². The Bertz CT molecular complexity index is 340. The van der Waals surface area contributed by atoms with Crippen LogP contribution in [0.4, 0.5) is 0 Å². The van der Waals surface area contributed by atoms with Gasteiger partial charge in [-0.05, 0) is 31.6 Å². The van der Waals surface area contributed by atoms with Gasteiger partial charge in [0.25, 0.3) is 0 Å². The lowest BCUT2D eigenvalue weighted by atomic mass is 10.0. The Morgan fingerprint density at radius 3 is 2.58 bits per heavy atom. The van der Waals surface area contributed by atoms with Gasteiger partial charge in [0.05, 0.1) is 6.10 Å². The van der Waals surface area contributed by atoms with Gasteiger partial charge in [0, 0.05) is 20.0 Å². The van der Waals surface area contributed by atoms with Crippen LogP contribution in [0.25, 0.3) is 0 Å². The molecule has 108 valence electrons. The van der Waals surface area contributed by atoms with Crippen molar-refractivity contribution < 1.29 is 14.7 Å². The zero-order chi connectivity index (χ0) is 13.8. The first-order valence-corrected chi connectivity index (χ1v) is 7.32. The fourth-order valence-electron chi connectivity index (χ4n) is 3.25. The van der Waals surface area contributed by atoms with Crippen molar-refractivity contribution in [3.05, 3.63) is 0 Å². The molecule has 5 heteroatoms. The second kappa shape index (κ2) is 6.37. The minimum absolute atomic E-state index is 0.0472. The molecular formula is C14H24N2O3. The summed E-state index contributed by atoms with van der Waals surface area (Å²) in [5, 5.41) is 12.8. The third-order valence-corrected chi connectivity index (χ3v) is 4.39. The molecule has 19 heavy (non-hydrogen) atoms. The summed E-state index contributed by atoms with van der Waals surface area (Å²) >= 11 is 0. The van der Waals surface area contributed by atoms with Crippen LogP contribution in [-0.4, -0.2) is 47.1 Å². The molecule has 0 aromatic heterocycles. The normalized spacial score (nSPS) is 25.6. The van der Waals surface area contributed by atoms with Gasteiger partial charge in [-0.2, -0.15) is 0 Å². The molecule has 0 aromatic rings. The number of likely N-dealkylation sites (tertiary alicyclic amines) is 1. The predicted octanol–water partition coefficient (Wildman–Crippen LogP) is 0.665. The first-order valence-electron chi connectivity index (χ1n) is 7.32. The van der Waals surface area contributed by atoms with Gasteiger partial charge in [-0.25, -0.2) is 0 Å². The summed E-state index contributed by atoms with van der Waals surface area (Å²) in [7, 11) is 0. The number of nitrogens with zero attached hydrogens (tertiary/aromatic N) is 1. The first kappa shape index (κ1) is 14.3. The maximum atomic E-state index is 12.1. The number of nitrogens with one attached hydrogen (secondary N) is 1. The van der Waals surface area contributed by atoms with E-state index in [9.17, 15) is 14.7 Å². The zero-order valence-corrected chi connectivity index (χ0v) is 11.6. The molecule has 1 heterocycles. The molecule has 2 rings (SSSR count). The van der Waals surface area contributed by atoms with Crippen molar-refractivity contribution in [1.29, 1.82) is 0 Å². The predicted molar refractivity (Wildman–Crippen MR) is 71.4 cm³/mol. The van der Waals surface area contributed by atoms with Gasteiger partial charge in [-0.3, -0.25) is 9.59 Å². The Kier molecular flexibility index (Phi) is 4.80. The van der Waals surface area contributed by atoms with Crippen molar-refractivity contribution in [2.45, 2.75) is 57.6 Å². The highest BCUT2D eigenvalue weighted by atomic mass is 16.3. The Hall–Kier alpha value is -1.10. The lowest BCUT2D eigenvalue weighted by Crippen LogP contribution is -2.47. The third kappa shape index (κ3) is 3.47. The molecule has 1 aliphatic heterocycles. The van der Waals surface area contributed by atoms with Gasteiger partial charge in [0.1, 0.15) is 6.04 Å². The lowest BCUT2D eigenvalue weighted by molar-refractivity contribution is -0.137. The van der Waals surface area contributed by atoms with Crippen LogP contribution in [0.5, 0.6) is 0 Å². The van der Waals surface area contributed by atoms with Crippen molar-refractivity contribution in [3.8, 4) is 0 Å². The third-order valence-electron chi connectivity index (χ3n) is 4.39. The average Bonchev–Trinajstić information content (AvgIpc) is 3.04. The standard InChI is InChI=1S/C14H24N2O3/c1-10(17)16-8-4-7-12(16)14(19)15-9-13(18)11-5-2-3-6-11/h11-13,18H,2-9H2,1H3,(H,15,19). The quantitative estimate of drug-likeness (QED) is 0.787. The van der Waals surface area contributed by atoms with Crippen LogP contribution in [0, 0.1) is 5.92 Å². The van der Waals surface area contributed by atoms with E-state index < -0.39 is 6.10 Å². The molecule has 2 amide bonds. The molecule has 0 bridgehead atoms. The number of aliphatic hydroxyl groups excluding tert-OH is 1. The molecule has 0 aromatic carbocycles. The maximum Gasteiger partial charge on any atom is 0.242 e. The summed E-state index contributed by atoms with van der Waals surface area (Å²) in [5.74, 6) is 0.159. The van der Waals surface area contributed by atoms with Crippen molar-refractivity contribution in [1.82, 2.24) is 10.2 Å². The van der Waals surface area contributed by atoms with Gasteiger partial charge < -0.3 is 15.3 Å². The molecule has 1 aliphatic carbocycles. The number of rotatable bonds is 4. The number of amides is 2. The van der Waals surface area contributed by atoms with E-state index in [1.54, 1.807) is 4.90 Å². The van der Waals surface area contributed by atoms with E-state index in [-0.39, 0.29) is 17.9 Å². The number of carbonyl (C=O) groups is 2. The molecule has 0 spiro atoms. The van der Waals surface area contributed by atoms with Crippen LogP contribution >= 0.6 is 0 Å². The van der Waals surface area contributed by atoms with Crippen LogP contribution in [0.3, 0.4) is 0 Å². The van der Waals surface area contributed by atoms with Crippen LogP contribution in [0.1, 0.15) is 45.4 Å². The Morgan fingerprint density at radius 1 is 1.26 bits per heavy atom. The van der Waals surface area contributed by atoms with E-state index in [4.69, 9.17) is 0 Å². The molecule has 2 N–H and O–H groups in total. The highest BCUT2D eigenvalue weighted by Crippen LogP contribution is 2.27. The van der Waals surface area contributed by atoms with E-state index in [1.165, 1.54) is 19.8 Å². The van der Waals surface area contributed by atoms with E-state index in [2.05, 4.69) is 5.32 Å². The second-order valence-electron chi connectivity index (χ2n) is 5.73. The van der Waals surface area contributed by atoms with Gasteiger partial charge in [-0.15, -0.1) is 0 Å². The number of hydrogen-bond donors (Lipinski definition) is 2. The van der Waals surface area contributed by atoms with Gasteiger partial charge in [-0.1, -0.05) is 12.8 Å². The number of hydrogen-bond acceptors (Lipinski definition) is 3. The molecule has 2 atom stereocenters. The van der Waals surface area contributed by atoms with E-state index >= 15 is 0 Å². The molecule has 2 aliphatic rings. The average molecular weight is 268 g/mol. The summed E-state index contributed by atoms with van der Waals surface area (Å²) in [6.45, 7) is 2.48. The Morgan fingerprint density at radius 2 is 1.95 bits per heavy atom. The maximum absolute atomic E-state index is 12.1. The number of aliphatic hydroxyl groups is 1. The molecule has 2 fully saturated rings. The number of carbonyl (C=O) groups excluding carboxylic acids is 2. The smallest absolute Gasteiger partial charge is 0.242 e. The molecule has 2 unspecified atom stereocenters. The lowest BCUT2D eigenvalue weighted by Gasteiger charge is -2.24. The van der Waals surface area contributed by atoms with Gasteiger partial charge in [0.2, 0.25) is 11.8 Å². The fourth-order valence-corrected chi connectivity index (χ4v) is 3.25. The second-order valence-corrected chi connectivity index (χ2v) is 5.73. The minimum Gasteiger partial charge on any atom is -0.391 e. The van der Waals surface area contributed by atoms with Crippen LogP contribution in [0.2, 0.25) is 0 Å². The highest BCUT2D eigenvalue weighted by Gasteiger charge is 2.32. The molecule has 1 saturated carbocycles. The summed E-state index contributed by atoms with van der Waals surface area (Å²) in [6.07, 6.45) is 5.62. The summed E-state index contributed by atoms with van der Waals surface area (Å²) < 4.78 is 0. The van der Waals surface area contributed by atoms with Crippen molar-refractivity contribution in [3.63, 3.8) is 0 Å². The molecule has 1 saturated heterocycles. The van der Waals surface area contributed by atoms with Crippen molar-refractivity contribution in [2.75, 3.05) is 13.1 Å². The Balaban J connectivity index is 1.78. The van der Waals surface area contributed by atoms with Crippen LogP contribution < -0.4 is 5.32 Å². The fraction of sp³-hybridized carbons (Fsp3) is 0.857. The largest absolute Gasteiger partial charge is 0.391 e. The highest BCUT2D eigenvalue weighted by molar-refractivity contribution is 5.87. The van der Waals surface area contributed by atoms with Crippen molar-refractivity contribution >= 4 is 11.8 Å². The zero-order valence-electron chi connectivity index (χ0n) is 11.6. The van der Waals surface area contributed by atoms with Gasteiger partial charge >= 0.3 is 0 Å². The minimum atomic E-state index is -0.446. The SMILES string of the molecule is CC(=O)N1CCCC1C(=O)NCC(O)C1CCCC1. The summed E-state index contributed by atoms with van der Waals surface area (Å²) in [5.41, 5.74) is 0. The van der Waals surface area contributed by atoms with E-state index in [0.717, 1.165) is 25.7 Å². The van der Waals surface area contributed by atoms with Crippen molar-refractivity contribution in [2.24, 2.45) is 5.92 Å². The molecule has 5 nitrogen and oxygen atoms in total. The monoisotopic (exact) mass is 268 g/mol. The first-order chi connectivity index (χ1) is 9.09. The summed E-state index contributed by atoms with van der Waals surface area (Å²) in [4.78, 5) is 25.1. The molecular weight excluding hydrogens is 244 g/mol. The molecule has 0 radical (unpaired) electrons. The summed E-state index contributed by atoms with van der Waals surface area (Å²) in [6, 6.07) is -0.340. The topological polar surface area (TPSA) is 69.6 Å². The van der Waals surface area contributed by atoms with Crippen LogP contribution in [-0.2, 0) is 9.59 Å².